The number of nitriles is 1. The standard InChI is InChI=1S/C9H11N3O4S/c1-12(6-2-5-10)9(13)7-3-4-8(16-7)17(11,14)15/h3-4H,2,6H2,1H3,(H2,11,14,15). The minimum atomic E-state index is -3.95. The van der Waals surface area contributed by atoms with Gasteiger partial charge in [0.25, 0.3) is 15.9 Å². The zero-order valence-corrected chi connectivity index (χ0v) is 9.90. The highest BCUT2D eigenvalue weighted by atomic mass is 32.2. The average Bonchev–Trinajstić information content (AvgIpc) is 2.73. The number of amides is 1. The van der Waals surface area contributed by atoms with Gasteiger partial charge in [-0.2, -0.15) is 5.26 Å². The first-order valence-corrected chi connectivity index (χ1v) is 6.16. The van der Waals surface area contributed by atoms with Crippen molar-refractivity contribution < 1.29 is 17.6 Å². The second-order valence-electron chi connectivity index (χ2n) is 3.30. The molecule has 1 amide bonds. The second kappa shape index (κ2) is 4.99. The fraction of sp³-hybridized carbons (Fsp3) is 0.333. The quantitative estimate of drug-likeness (QED) is 0.808. The molecule has 0 aliphatic rings. The Balaban J connectivity index is 2.85. The lowest BCUT2D eigenvalue weighted by molar-refractivity contribution is 0.0761. The van der Waals surface area contributed by atoms with E-state index in [1.54, 1.807) is 0 Å². The van der Waals surface area contributed by atoms with Gasteiger partial charge in [0.2, 0.25) is 5.09 Å². The van der Waals surface area contributed by atoms with Crippen molar-refractivity contribution in [1.29, 1.82) is 5.26 Å². The molecule has 0 bridgehead atoms. The van der Waals surface area contributed by atoms with E-state index >= 15 is 0 Å². The Hall–Kier alpha value is -1.85. The van der Waals surface area contributed by atoms with Crippen LogP contribution >= 0.6 is 0 Å². The molecule has 1 aromatic rings. The average molecular weight is 257 g/mol. The third kappa shape index (κ3) is 3.30. The zero-order chi connectivity index (χ0) is 13.1. The summed E-state index contributed by atoms with van der Waals surface area (Å²) < 4.78 is 26.7. The van der Waals surface area contributed by atoms with E-state index in [2.05, 4.69) is 0 Å². The Labute approximate surface area is 98.5 Å². The Bertz CT molecular complexity index is 555. The van der Waals surface area contributed by atoms with E-state index in [9.17, 15) is 13.2 Å². The number of rotatable bonds is 4. The Morgan fingerprint density at radius 1 is 1.59 bits per heavy atom. The SMILES string of the molecule is CN(CCC#N)C(=O)c1ccc(S(N)(=O)=O)o1. The summed E-state index contributed by atoms with van der Waals surface area (Å²) in [5.74, 6) is -0.635. The highest BCUT2D eigenvalue weighted by Gasteiger charge is 2.19. The topological polar surface area (TPSA) is 117 Å². The molecule has 0 saturated heterocycles. The van der Waals surface area contributed by atoms with Gasteiger partial charge in [-0.15, -0.1) is 0 Å². The van der Waals surface area contributed by atoms with Crippen LogP contribution in [-0.4, -0.2) is 32.8 Å². The van der Waals surface area contributed by atoms with Gasteiger partial charge < -0.3 is 9.32 Å². The van der Waals surface area contributed by atoms with Crippen LogP contribution in [-0.2, 0) is 10.0 Å². The summed E-state index contributed by atoms with van der Waals surface area (Å²) in [4.78, 5) is 12.9. The molecule has 1 rings (SSSR count). The van der Waals surface area contributed by atoms with Crippen LogP contribution in [0.3, 0.4) is 0 Å². The number of furan rings is 1. The number of carbonyl (C=O) groups excluding carboxylic acids is 1. The normalized spacial score (nSPS) is 10.9. The van der Waals surface area contributed by atoms with Crippen molar-refractivity contribution >= 4 is 15.9 Å². The van der Waals surface area contributed by atoms with Crippen LogP contribution in [0.1, 0.15) is 17.0 Å². The number of nitrogens with two attached hydrogens (primary N) is 1. The molecule has 0 saturated carbocycles. The fourth-order valence-corrected chi connectivity index (χ4v) is 1.56. The minimum Gasteiger partial charge on any atom is -0.438 e. The van der Waals surface area contributed by atoms with Crippen molar-refractivity contribution in [3.8, 4) is 6.07 Å². The molecule has 8 heteroatoms. The Morgan fingerprint density at radius 2 is 2.24 bits per heavy atom. The highest BCUT2D eigenvalue weighted by Crippen LogP contribution is 2.13. The Kier molecular flexibility index (Phi) is 3.88. The van der Waals surface area contributed by atoms with Gasteiger partial charge in [-0.25, -0.2) is 13.6 Å². The first kappa shape index (κ1) is 13.2. The molecule has 2 N–H and O–H groups in total. The summed E-state index contributed by atoms with van der Waals surface area (Å²) in [5.41, 5.74) is 0. The second-order valence-corrected chi connectivity index (χ2v) is 4.79. The molecule has 92 valence electrons. The molecule has 0 aliphatic carbocycles. The number of hydrogen-bond donors (Lipinski definition) is 1. The molecule has 0 unspecified atom stereocenters. The third-order valence-corrected chi connectivity index (χ3v) is 2.76. The Morgan fingerprint density at radius 3 is 2.71 bits per heavy atom. The highest BCUT2D eigenvalue weighted by molar-refractivity contribution is 7.89. The molecule has 0 spiro atoms. The molecule has 0 atom stereocenters. The van der Waals surface area contributed by atoms with Crippen LogP contribution in [0, 0.1) is 11.3 Å². The molecule has 1 aromatic heterocycles. The molecule has 7 nitrogen and oxygen atoms in total. The summed E-state index contributed by atoms with van der Waals surface area (Å²) in [5, 5.41) is 12.7. The monoisotopic (exact) mass is 257 g/mol. The number of hydrogen-bond acceptors (Lipinski definition) is 5. The van der Waals surface area contributed by atoms with Crippen LogP contribution in [0.5, 0.6) is 0 Å². The van der Waals surface area contributed by atoms with E-state index in [1.165, 1.54) is 18.0 Å². The molecular weight excluding hydrogens is 246 g/mol. The molecule has 0 aliphatic heterocycles. The molecule has 0 radical (unpaired) electrons. The van der Waals surface area contributed by atoms with Crippen molar-refractivity contribution in [1.82, 2.24) is 4.90 Å². The minimum absolute atomic E-state index is 0.130. The maximum absolute atomic E-state index is 11.7. The van der Waals surface area contributed by atoms with E-state index in [1.807, 2.05) is 6.07 Å². The maximum Gasteiger partial charge on any atom is 0.289 e. The lowest BCUT2D eigenvalue weighted by Crippen LogP contribution is -2.27. The van der Waals surface area contributed by atoms with Crippen molar-refractivity contribution in [2.24, 2.45) is 5.14 Å². The number of primary sulfonamides is 1. The summed E-state index contributed by atoms with van der Waals surface area (Å²) >= 11 is 0. The van der Waals surface area contributed by atoms with Crippen LogP contribution < -0.4 is 5.14 Å². The zero-order valence-electron chi connectivity index (χ0n) is 9.08. The maximum atomic E-state index is 11.7. The number of sulfonamides is 1. The van der Waals surface area contributed by atoms with Gasteiger partial charge in [0.1, 0.15) is 0 Å². The predicted octanol–water partition coefficient (Wildman–Crippen LogP) is -0.0873. The van der Waals surface area contributed by atoms with E-state index < -0.39 is 21.0 Å². The van der Waals surface area contributed by atoms with Gasteiger partial charge in [0.05, 0.1) is 12.5 Å². The largest absolute Gasteiger partial charge is 0.438 e. The van der Waals surface area contributed by atoms with Gasteiger partial charge in [-0.1, -0.05) is 0 Å². The molecule has 0 fully saturated rings. The van der Waals surface area contributed by atoms with E-state index in [4.69, 9.17) is 14.8 Å². The molecule has 0 aromatic carbocycles. The van der Waals surface area contributed by atoms with Crippen LogP contribution in [0.4, 0.5) is 0 Å². The summed E-state index contributed by atoms with van der Waals surface area (Å²) in [7, 11) is -2.46. The van der Waals surface area contributed by atoms with Gasteiger partial charge in [-0.05, 0) is 12.1 Å². The first-order valence-electron chi connectivity index (χ1n) is 4.61. The molecule has 17 heavy (non-hydrogen) atoms. The lowest BCUT2D eigenvalue weighted by Gasteiger charge is -2.12. The number of nitrogens with zero attached hydrogens (tertiary/aromatic N) is 2. The molecule has 1 heterocycles. The molecular formula is C9H11N3O4S. The number of carbonyl (C=O) groups is 1. The van der Waals surface area contributed by atoms with Gasteiger partial charge >= 0.3 is 0 Å². The van der Waals surface area contributed by atoms with Crippen molar-refractivity contribution in [3.05, 3.63) is 17.9 Å². The van der Waals surface area contributed by atoms with Crippen molar-refractivity contribution in [2.75, 3.05) is 13.6 Å². The van der Waals surface area contributed by atoms with Crippen molar-refractivity contribution in [2.45, 2.75) is 11.5 Å². The third-order valence-electron chi connectivity index (χ3n) is 1.98. The van der Waals surface area contributed by atoms with Crippen molar-refractivity contribution in [3.63, 3.8) is 0 Å². The van der Waals surface area contributed by atoms with Gasteiger partial charge in [-0.3, -0.25) is 4.79 Å². The van der Waals surface area contributed by atoms with E-state index in [-0.39, 0.29) is 18.7 Å². The van der Waals surface area contributed by atoms with Crippen LogP contribution in [0.2, 0.25) is 0 Å². The summed E-state index contributed by atoms with van der Waals surface area (Å²) in [6.07, 6.45) is 0.186. The van der Waals surface area contributed by atoms with Gasteiger partial charge in [0, 0.05) is 13.6 Å². The lowest BCUT2D eigenvalue weighted by atomic mass is 10.3. The van der Waals surface area contributed by atoms with E-state index in [0.29, 0.717) is 0 Å². The van der Waals surface area contributed by atoms with Crippen LogP contribution in [0.25, 0.3) is 0 Å². The summed E-state index contributed by atoms with van der Waals surface area (Å²) in [6, 6.07) is 4.23. The summed E-state index contributed by atoms with van der Waals surface area (Å²) in [6.45, 7) is 0.237. The van der Waals surface area contributed by atoms with Gasteiger partial charge in [0.15, 0.2) is 5.76 Å². The first-order chi connectivity index (χ1) is 7.86. The van der Waals surface area contributed by atoms with E-state index in [0.717, 1.165) is 6.07 Å². The smallest absolute Gasteiger partial charge is 0.289 e. The predicted molar refractivity (Wildman–Crippen MR) is 57.3 cm³/mol. The fourth-order valence-electron chi connectivity index (χ4n) is 1.10. The van der Waals surface area contributed by atoms with Crippen LogP contribution in [0.15, 0.2) is 21.6 Å².